The van der Waals surface area contributed by atoms with Crippen LogP contribution in [0, 0.1) is 6.92 Å². The quantitative estimate of drug-likeness (QED) is 0.314. The van der Waals surface area contributed by atoms with Gasteiger partial charge in [0, 0.05) is 0 Å². The van der Waals surface area contributed by atoms with Crippen LogP contribution in [0.15, 0.2) is 78.9 Å². The van der Waals surface area contributed by atoms with Gasteiger partial charge in [0.1, 0.15) is 11.8 Å². The molecule has 1 aromatic heterocycles. The Kier molecular flexibility index (Phi) is 7.38. The first-order valence-corrected chi connectivity index (χ1v) is 12.0. The number of aromatic nitrogens is 3. The fourth-order valence-corrected chi connectivity index (χ4v) is 4.01. The Labute approximate surface area is 216 Å². The molecule has 4 aromatic rings. The molecule has 0 saturated heterocycles. The van der Waals surface area contributed by atoms with E-state index in [9.17, 15) is 9.59 Å². The summed E-state index contributed by atoms with van der Waals surface area (Å²) in [5.41, 5.74) is 4.35. The molecule has 0 aliphatic heterocycles. The lowest BCUT2D eigenvalue weighted by Gasteiger charge is -2.22. The standard InChI is InChI=1S/C29H30N4O4/c1-19-26(30-28(35)37-20(2)21-9-7-6-8-10-21)33(32-31-19)25-17-13-23(14-18-25)22-11-15-24(16-12-22)29(3,4)27(34)36-5/h6-18,20H,1-5H3,(H,30,35)/t20-/m1/s1. The van der Waals surface area contributed by atoms with Gasteiger partial charge >= 0.3 is 12.1 Å². The molecule has 0 aliphatic carbocycles. The van der Waals surface area contributed by atoms with Crippen molar-refractivity contribution in [3.05, 3.63) is 95.7 Å². The number of rotatable bonds is 7. The Morgan fingerprint density at radius 1 is 0.919 bits per heavy atom. The van der Waals surface area contributed by atoms with E-state index in [1.807, 2.05) is 99.6 Å². The molecule has 8 heteroatoms. The summed E-state index contributed by atoms with van der Waals surface area (Å²) in [6, 6.07) is 25.1. The number of benzene rings is 3. The first-order valence-electron chi connectivity index (χ1n) is 12.0. The van der Waals surface area contributed by atoms with Gasteiger partial charge in [-0.25, -0.2) is 4.79 Å². The first-order chi connectivity index (χ1) is 17.7. The summed E-state index contributed by atoms with van der Waals surface area (Å²) >= 11 is 0. The van der Waals surface area contributed by atoms with Crippen molar-refractivity contribution in [3.63, 3.8) is 0 Å². The van der Waals surface area contributed by atoms with Gasteiger partial charge in [0.05, 0.1) is 18.2 Å². The normalized spacial score (nSPS) is 12.0. The van der Waals surface area contributed by atoms with E-state index in [2.05, 4.69) is 15.6 Å². The van der Waals surface area contributed by atoms with Crippen molar-refractivity contribution in [3.8, 4) is 16.8 Å². The highest BCUT2D eigenvalue weighted by atomic mass is 16.6. The minimum Gasteiger partial charge on any atom is -0.468 e. The largest absolute Gasteiger partial charge is 0.468 e. The van der Waals surface area contributed by atoms with Gasteiger partial charge in [0.15, 0.2) is 5.82 Å². The van der Waals surface area contributed by atoms with Crippen molar-refractivity contribution in [2.24, 2.45) is 0 Å². The van der Waals surface area contributed by atoms with Gasteiger partial charge in [-0.15, -0.1) is 5.10 Å². The van der Waals surface area contributed by atoms with E-state index in [4.69, 9.17) is 9.47 Å². The molecule has 1 N–H and O–H groups in total. The number of nitrogens with one attached hydrogen (secondary N) is 1. The highest BCUT2D eigenvalue weighted by Gasteiger charge is 2.30. The topological polar surface area (TPSA) is 95.3 Å². The molecule has 0 aliphatic rings. The van der Waals surface area contributed by atoms with Crippen molar-refractivity contribution in [1.82, 2.24) is 15.0 Å². The Hall–Kier alpha value is -4.46. The van der Waals surface area contributed by atoms with Crippen LogP contribution >= 0.6 is 0 Å². The Morgan fingerprint density at radius 3 is 2.11 bits per heavy atom. The number of nitrogens with zero attached hydrogens (tertiary/aromatic N) is 3. The van der Waals surface area contributed by atoms with Crippen molar-refractivity contribution in [1.29, 1.82) is 0 Å². The third-order valence-electron chi connectivity index (χ3n) is 6.36. The first kappa shape index (κ1) is 25.6. The van der Waals surface area contributed by atoms with Crippen molar-refractivity contribution >= 4 is 17.9 Å². The second-order valence-corrected chi connectivity index (χ2v) is 9.26. The average Bonchev–Trinajstić information content (AvgIpc) is 3.28. The lowest BCUT2D eigenvalue weighted by Crippen LogP contribution is -2.30. The van der Waals surface area contributed by atoms with Crippen LogP contribution in [-0.4, -0.2) is 34.2 Å². The zero-order valence-electron chi connectivity index (χ0n) is 21.6. The summed E-state index contributed by atoms with van der Waals surface area (Å²) in [5, 5.41) is 11.1. The number of hydrogen-bond acceptors (Lipinski definition) is 6. The van der Waals surface area contributed by atoms with Crippen LogP contribution in [0.3, 0.4) is 0 Å². The predicted octanol–water partition coefficient (Wildman–Crippen LogP) is 6.00. The van der Waals surface area contributed by atoms with E-state index >= 15 is 0 Å². The van der Waals surface area contributed by atoms with E-state index in [1.54, 1.807) is 11.6 Å². The molecule has 1 amide bonds. The summed E-state index contributed by atoms with van der Waals surface area (Å²) < 4.78 is 12.0. The number of anilines is 1. The number of amides is 1. The molecule has 0 unspecified atom stereocenters. The Balaban J connectivity index is 1.49. The highest BCUT2D eigenvalue weighted by Crippen LogP contribution is 2.29. The van der Waals surface area contributed by atoms with Crippen molar-refractivity contribution in [2.75, 3.05) is 12.4 Å². The van der Waals surface area contributed by atoms with Crippen LogP contribution in [0.4, 0.5) is 10.6 Å². The van der Waals surface area contributed by atoms with E-state index in [0.717, 1.165) is 27.9 Å². The van der Waals surface area contributed by atoms with E-state index < -0.39 is 17.6 Å². The maximum absolute atomic E-state index is 12.6. The third kappa shape index (κ3) is 5.53. The fraction of sp³-hybridized carbons (Fsp3) is 0.241. The molecule has 4 rings (SSSR count). The maximum atomic E-state index is 12.6. The summed E-state index contributed by atoms with van der Waals surface area (Å²) in [6.45, 7) is 7.27. The zero-order chi connectivity index (χ0) is 26.6. The van der Waals surface area contributed by atoms with Crippen molar-refractivity contribution < 1.29 is 19.1 Å². The summed E-state index contributed by atoms with van der Waals surface area (Å²) in [7, 11) is 1.39. The van der Waals surface area contributed by atoms with Gasteiger partial charge in [0.25, 0.3) is 0 Å². The average molecular weight is 499 g/mol. The minimum absolute atomic E-state index is 0.282. The van der Waals surface area contributed by atoms with Crippen LogP contribution in [0.2, 0.25) is 0 Å². The minimum atomic E-state index is -0.731. The zero-order valence-corrected chi connectivity index (χ0v) is 21.6. The summed E-state index contributed by atoms with van der Waals surface area (Å²) in [4.78, 5) is 24.7. The predicted molar refractivity (Wildman–Crippen MR) is 142 cm³/mol. The van der Waals surface area contributed by atoms with E-state index in [0.29, 0.717) is 11.5 Å². The molecule has 0 radical (unpaired) electrons. The number of carbonyl (C=O) groups is 2. The molecule has 0 saturated carbocycles. The fourth-order valence-electron chi connectivity index (χ4n) is 4.01. The molecule has 8 nitrogen and oxygen atoms in total. The van der Waals surface area contributed by atoms with Crippen LogP contribution in [0.1, 0.15) is 43.7 Å². The van der Waals surface area contributed by atoms with Gasteiger partial charge < -0.3 is 9.47 Å². The Morgan fingerprint density at radius 2 is 1.51 bits per heavy atom. The molecule has 1 heterocycles. The lowest BCUT2D eigenvalue weighted by atomic mass is 9.84. The SMILES string of the molecule is COC(=O)C(C)(C)c1ccc(-c2ccc(-n3nnc(C)c3NC(=O)O[C@H](C)c3ccccc3)cc2)cc1. The van der Waals surface area contributed by atoms with Crippen LogP contribution in [0.5, 0.6) is 0 Å². The molecular formula is C29H30N4O4. The molecule has 3 aromatic carbocycles. The molecule has 190 valence electrons. The number of carbonyl (C=O) groups excluding carboxylic acids is 2. The van der Waals surface area contributed by atoms with Crippen molar-refractivity contribution in [2.45, 2.75) is 39.2 Å². The number of hydrogen-bond donors (Lipinski definition) is 1. The van der Waals surface area contributed by atoms with E-state index in [-0.39, 0.29) is 5.97 Å². The monoisotopic (exact) mass is 498 g/mol. The Bertz CT molecular complexity index is 1380. The van der Waals surface area contributed by atoms with Gasteiger partial charge in [-0.1, -0.05) is 71.9 Å². The van der Waals surface area contributed by atoms with Crippen LogP contribution < -0.4 is 5.32 Å². The lowest BCUT2D eigenvalue weighted by molar-refractivity contribution is -0.146. The van der Waals surface area contributed by atoms with Gasteiger partial charge in [0.2, 0.25) is 0 Å². The molecule has 1 atom stereocenters. The van der Waals surface area contributed by atoms with Gasteiger partial charge in [-0.2, -0.15) is 4.68 Å². The van der Waals surface area contributed by atoms with E-state index in [1.165, 1.54) is 7.11 Å². The molecule has 0 bridgehead atoms. The van der Waals surface area contributed by atoms with Crippen LogP contribution in [0.25, 0.3) is 16.8 Å². The molecule has 0 fully saturated rings. The second-order valence-electron chi connectivity index (χ2n) is 9.26. The summed E-state index contributed by atoms with van der Waals surface area (Å²) in [5.74, 6) is 0.156. The number of ether oxygens (including phenoxy) is 2. The van der Waals surface area contributed by atoms with Gasteiger partial charge in [-0.3, -0.25) is 10.1 Å². The van der Waals surface area contributed by atoms with Crippen LogP contribution in [-0.2, 0) is 19.7 Å². The number of methoxy groups -OCH3 is 1. The maximum Gasteiger partial charge on any atom is 0.413 e. The smallest absolute Gasteiger partial charge is 0.413 e. The second kappa shape index (κ2) is 10.7. The molecular weight excluding hydrogens is 468 g/mol. The number of esters is 1. The summed E-state index contributed by atoms with van der Waals surface area (Å²) in [6.07, 6.45) is -0.996. The number of aryl methyl sites for hydroxylation is 1. The van der Waals surface area contributed by atoms with Gasteiger partial charge in [-0.05, 0) is 62.1 Å². The third-order valence-corrected chi connectivity index (χ3v) is 6.36. The highest BCUT2D eigenvalue weighted by molar-refractivity contribution is 5.85. The molecule has 37 heavy (non-hydrogen) atoms. The molecule has 0 spiro atoms.